The molecule has 1 saturated heterocycles. The first-order chi connectivity index (χ1) is 13.9. The maximum atomic E-state index is 14.3. The van der Waals surface area contributed by atoms with Gasteiger partial charge in [-0.2, -0.15) is 0 Å². The minimum atomic E-state index is -0.432. The van der Waals surface area contributed by atoms with E-state index in [-0.39, 0.29) is 23.2 Å². The van der Waals surface area contributed by atoms with Crippen molar-refractivity contribution >= 4 is 11.7 Å². The summed E-state index contributed by atoms with van der Waals surface area (Å²) in [6.07, 6.45) is 3.66. The van der Waals surface area contributed by atoms with Gasteiger partial charge in [0.05, 0.1) is 23.9 Å². The monoisotopic (exact) mass is 398 g/mol. The maximum absolute atomic E-state index is 14.3. The van der Waals surface area contributed by atoms with Gasteiger partial charge in [-0.1, -0.05) is 19.9 Å². The standard InChI is InChI=1S/C23H27FN2O3/c1-15(2)12-20(27)17-6-5-11-26(14-17)23(28)16-9-10-19(25-13-16)22-18(24)7-4-8-21(22)29-3/h4,7-10,13,15,17H,5-6,11-12,14H2,1-3H3/t17-/m0/s1. The highest BCUT2D eigenvalue weighted by molar-refractivity contribution is 5.95. The Hall–Kier alpha value is -2.76. The van der Waals surface area contributed by atoms with Gasteiger partial charge in [0, 0.05) is 31.6 Å². The molecule has 0 unspecified atom stereocenters. The molecule has 0 radical (unpaired) electrons. The van der Waals surface area contributed by atoms with Crippen molar-refractivity contribution in [2.75, 3.05) is 20.2 Å². The minimum absolute atomic E-state index is 0.0926. The van der Waals surface area contributed by atoms with Crippen molar-refractivity contribution in [3.05, 3.63) is 47.9 Å². The van der Waals surface area contributed by atoms with Crippen molar-refractivity contribution in [2.24, 2.45) is 11.8 Å². The third kappa shape index (κ3) is 4.81. The van der Waals surface area contributed by atoms with Crippen molar-refractivity contribution in [1.29, 1.82) is 0 Å². The number of halogens is 1. The van der Waals surface area contributed by atoms with E-state index in [1.807, 2.05) is 13.8 Å². The molecule has 0 aliphatic carbocycles. The number of ketones is 1. The van der Waals surface area contributed by atoms with Gasteiger partial charge < -0.3 is 9.64 Å². The molecule has 29 heavy (non-hydrogen) atoms. The van der Waals surface area contributed by atoms with Gasteiger partial charge in [0.25, 0.3) is 5.91 Å². The van der Waals surface area contributed by atoms with E-state index in [4.69, 9.17) is 4.74 Å². The molecule has 1 aromatic carbocycles. The van der Waals surface area contributed by atoms with Gasteiger partial charge in [-0.25, -0.2) is 4.39 Å². The predicted molar refractivity (Wildman–Crippen MR) is 109 cm³/mol. The van der Waals surface area contributed by atoms with E-state index in [9.17, 15) is 14.0 Å². The SMILES string of the molecule is COc1cccc(F)c1-c1ccc(C(=O)N2CCC[C@H](C(=O)CC(C)C)C2)cn1. The van der Waals surface area contributed by atoms with Crippen molar-refractivity contribution in [3.63, 3.8) is 0 Å². The molecule has 5 nitrogen and oxygen atoms in total. The highest BCUT2D eigenvalue weighted by Gasteiger charge is 2.29. The highest BCUT2D eigenvalue weighted by atomic mass is 19.1. The Morgan fingerprint density at radius 1 is 1.28 bits per heavy atom. The zero-order valence-electron chi connectivity index (χ0n) is 17.2. The summed E-state index contributed by atoms with van der Waals surface area (Å²) in [7, 11) is 1.48. The molecule has 2 aromatic rings. The summed E-state index contributed by atoms with van der Waals surface area (Å²) in [6, 6.07) is 7.86. The zero-order chi connectivity index (χ0) is 21.0. The van der Waals surface area contributed by atoms with Crippen LogP contribution in [0.2, 0.25) is 0 Å². The predicted octanol–water partition coefficient (Wildman–Crippen LogP) is 4.36. The molecule has 1 aliphatic rings. The summed E-state index contributed by atoms with van der Waals surface area (Å²) >= 11 is 0. The average molecular weight is 398 g/mol. The first-order valence-electron chi connectivity index (χ1n) is 10.0. The fourth-order valence-corrected chi connectivity index (χ4v) is 3.77. The van der Waals surface area contributed by atoms with Crippen LogP contribution in [0.5, 0.6) is 5.75 Å². The van der Waals surface area contributed by atoms with Gasteiger partial charge in [0.1, 0.15) is 17.3 Å². The van der Waals surface area contributed by atoms with E-state index in [2.05, 4.69) is 4.98 Å². The third-order valence-corrected chi connectivity index (χ3v) is 5.24. The van der Waals surface area contributed by atoms with Gasteiger partial charge in [-0.3, -0.25) is 14.6 Å². The lowest BCUT2D eigenvalue weighted by Crippen LogP contribution is -2.42. The second kappa shape index (κ2) is 9.16. The Balaban J connectivity index is 1.75. The summed E-state index contributed by atoms with van der Waals surface area (Å²) in [5.74, 6) is 0.271. The van der Waals surface area contributed by atoms with Gasteiger partial charge in [0.15, 0.2) is 0 Å². The molecule has 1 fully saturated rings. The smallest absolute Gasteiger partial charge is 0.255 e. The van der Waals surface area contributed by atoms with Crippen molar-refractivity contribution in [3.8, 4) is 17.0 Å². The lowest BCUT2D eigenvalue weighted by Gasteiger charge is -2.32. The molecule has 1 atom stereocenters. The Morgan fingerprint density at radius 3 is 2.72 bits per heavy atom. The number of ether oxygens (including phenoxy) is 1. The first kappa shape index (κ1) is 21.0. The van der Waals surface area contributed by atoms with E-state index in [0.717, 1.165) is 12.8 Å². The van der Waals surface area contributed by atoms with Crippen LogP contribution in [0.4, 0.5) is 4.39 Å². The van der Waals surface area contributed by atoms with E-state index < -0.39 is 5.82 Å². The van der Waals surface area contributed by atoms with E-state index in [1.54, 1.807) is 29.2 Å². The zero-order valence-corrected chi connectivity index (χ0v) is 17.2. The number of hydrogen-bond donors (Lipinski definition) is 0. The highest BCUT2D eigenvalue weighted by Crippen LogP contribution is 2.31. The van der Waals surface area contributed by atoms with Crippen LogP contribution >= 0.6 is 0 Å². The Morgan fingerprint density at radius 2 is 2.07 bits per heavy atom. The van der Waals surface area contributed by atoms with Crippen LogP contribution in [-0.2, 0) is 4.79 Å². The summed E-state index contributed by atoms with van der Waals surface area (Å²) in [5, 5.41) is 0. The van der Waals surface area contributed by atoms with Crippen molar-refractivity contribution in [1.82, 2.24) is 9.88 Å². The number of hydrogen-bond acceptors (Lipinski definition) is 4. The number of aromatic nitrogens is 1. The van der Waals surface area contributed by atoms with Gasteiger partial charge in [-0.15, -0.1) is 0 Å². The number of likely N-dealkylation sites (tertiary alicyclic amines) is 1. The number of amides is 1. The number of nitrogens with zero attached hydrogens (tertiary/aromatic N) is 2. The van der Waals surface area contributed by atoms with Gasteiger partial charge in [-0.05, 0) is 43.0 Å². The molecular formula is C23H27FN2O3. The molecule has 0 bridgehead atoms. The first-order valence-corrected chi connectivity index (χ1v) is 10.0. The molecule has 154 valence electrons. The minimum Gasteiger partial charge on any atom is -0.496 e. The summed E-state index contributed by atoms with van der Waals surface area (Å²) in [5.41, 5.74) is 1.10. The van der Waals surface area contributed by atoms with Crippen molar-refractivity contribution < 1.29 is 18.7 Å². The van der Waals surface area contributed by atoms with Crippen LogP contribution in [0.3, 0.4) is 0 Å². The normalized spacial score (nSPS) is 16.7. The molecular weight excluding hydrogens is 371 g/mol. The third-order valence-electron chi connectivity index (χ3n) is 5.24. The summed E-state index contributed by atoms with van der Waals surface area (Å²) in [6.45, 7) is 5.14. The second-order valence-electron chi connectivity index (χ2n) is 7.90. The van der Waals surface area contributed by atoms with Gasteiger partial charge in [0.2, 0.25) is 0 Å². The Labute approximate surface area is 170 Å². The molecule has 1 aromatic heterocycles. The number of carbonyl (C=O) groups excluding carboxylic acids is 2. The van der Waals surface area contributed by atoms with E-state index >= 15 is 0 Å². The van der Waals surface area contributed by atoms with Gasteiger partial charge >= 0.3 is 0 Å². The largest absolute Gasteiger partial charge is 0.496 e. The second-order valence-corrected chi connectivity index (χ2v) is 7.90. The molecule has 2 heterocycles. The number of Topliss-reactive ketones (excluding diaryl/α,β-unsaturated/α-hetero) is 1. The fourth-order valence-electron chi connectivity index (χ4n) is 3.77. The molecule has 0 spiro atoms. The quantitative estimate of drug-likeness (QED) is 0.725. The summed E-state index contributed by atoms with van der Waals surface area (Å²) in [4.78, 5) is 31.3. The van der Waals surface area contributed by atoms with Crippen LogP contribution in [0.15, 0.2) is 36.5 Å². The molecule has 0 saturated carbocycles. The average Bonchev–Trinajstić information content (AvgIpc) is 2.72. The number of benzene rings is 1. The van der Waals surface area contributed by atoms with Crippen LogP contribution < -0.4 is 4.74 Å². The van der Waals surface area contributed by atoms with E-state index in [1.165, 1.54) is 19.4 Å². The molecule has 3 rings (SSSR count). The summed E-state index contributed by atoms with van der Waals surface area (Å²) < 4.78 is 19.5. The lowest BCUT2D eigenvalue weighted by molar-refractivity contribution is -0.124. The number of piperidine rings is 1. The van der Waals surface area contributed by atoms with Crippen LogP contribution in [0, 0.1) is 17.7 Å². The Bertz CT molecular complexity index is 880. The lowest BCUT2D eigenvalue weighted by atomic mass is 9.89. The van der Waals surface area contributed by atoms with E-state index in [0.29, 0.717) is 42.4 Å². The number of methoxy groups -OCH3 is 1. The number of rotatable bonds is 6. The van der Waals surface area contributed by atoms with Crippen molar-refractivity contribution in [2.45, 2.75) is 33.1 Å². The molecule has 1 aliphatic heterocycles. The molecule has 0 N–H and O–H groups in total. The Kier molecular flexibility index (Phi) is 6.62. The number of pyridine rings is 1. The van der Waals surface area contributed by atoms with Crippen LogP contribution in [0.1, 0.15) is 43.5 Å². The molecule has 1 amide bonds. The topological polar surface area (TPSA) is 59.5 Å². The number of carbonyl (C=O) groups is 2. The fraction of sp³-hybridized carbons (Fsp3) is 0.435. The maximum Gasteiger partial charge on any atom is 0.255 e. The van der Waals surface area contributed by atoms with Crippen LogP contribution in [-0.4, -0.2) is 41.8 Å². The van der Waals surface area contributed by atoms with Crippen LogP contribution in [0.25, 0.3) is 11.3 Å². The molecule has 6 heteroatoms.